The standard InChI is InChI=1S/C14H24N2O/c1-11-5-6-13(12(2)9-11)14(10-15)16(3)7-8-17-4/h5-6,9,14H,7-8,10,15H2,1-4H3. The van der Waals surface area contributed by atoms with Crippen molar-refractivity contribution in [2.75, 3.05) is 33.9 Å². The lowest BCUT2D eigenvalue weighted by atomic mass is 9.98. The lowest BCUT2D eigenvalue weighted by molar-refractivity contribution is 0.140. The van der Waals surface area contributed by atoms with E-state index in [0.717, 1.165) is 13.2 Å². The zero-order valence-electron chi connectivity index (χ0n) is 11.4. The molecule has 0 fully saturated rings. The number of likely N-dealkylation sites (N-methyl/N-ethyl adjacent to an activating group) is 1. The van der Waals surface area contributed by atoms with E-state index in [1.165, 1.54) is 16.7 Å². The summed E-state index contributed by atoms with van der Waals surface area (Å²) < 4.78 is 5.11. The van der Waals surface area contributed by atoms with Gasteiger partial charge in [0.15, 0.2) is 0 Å². The van der Waals surface area contributed by atoms with Crippen LogP contribution in [0.2, 0.25) is 0 Å². The molecular formula is C14H24N2O. The van der Waals surface area contributed by atoms with Crippen LogP contribution in [0.1, 0.15) is 22.7 Å². The number of rotatable bonds is 6. The summed E-state index contributed by atoms with van der Waals surface area (Å²) in [5, 5.41) is 0. The number of hydrogen-bond acceptors (Lipinski definition) is 3. The van der Waals surface area contributed by atoms with Gasteiger partial charge < -0.3 is 10.5 Å². The Morgan fingerprint density at radius 3 is 2.59 bits per heavy atom. The van der Waals surface area contributed by atoms with Crippen molar-refractivity contribution >= 4 is 0 Å². The summed E-state index contributed by atoms with van der Waals surface area (Å²) in [5.74, 6) is 0. The van der Waals surface area contributed by atoms with Crippen LogP contribution in [0.25, 0.3) is 0 Å². The molecule has 0 aromatic heterocycles. The fourth-order valence-electron chi connectivity index (χ4n) is 2.13. The van der Waals surface area contributed by atoms with Gasteiger partial charge in [0.05, 0.1) is 6.61 Å². The molecule has 0 saturated heterocycles. The quantitative estimate of drug-likeness (QED) is 0.819. The first-order valence-electron chi connectivity index (χ1n) is 6.06. The summed E-state index contributed by atoms with van der Waals surface area (Å²) in [5.41, 5.74) is 9.82. The molecule has 0 heterocycles. The molecule has 0 aliphatic rings. The fraction of sp³-hybridized carbons (Fsp3) is 0.571. The summed E-state index contributed by atoms with van der Waals surface area (Å²) in [4.78, 5) is 2.25. The second-order valence-corrected chi connectivity index (χ2v) is 4.58. The molecule has 1 unspecified atom stereocenters. The molecule has 1 rings (SSSR count). The van der Waals surface area contributed by atoms with Gasteiger partial charge >= 0.3 is 0 Å². The highest BCUT2D eigenvalue weighted by atomic mass is 16.5. The number of methoxy groups -OCH3 is 1. The summed E-state index contributed by atoms with van der Waals surface area (Å²) in [7, 11) is 3.82. The maximum atomic E-state index is 5.90. The van der Waals surface area contributed by atoms with Crippen molar-refractivity contribution in [3.63, 3.8) is 0 Å². The minimum absolute atomic E-state index is 0.269. The molecule has 1 aromatic rings. The van der Waals surface area contributed by atoms with Crippen LogP contribution in [0.3, 0.4) is 0 Å². The summed E-state index contributed by atoms with van der Waals surface area (Å²) in [6.45, 7) is 6.52. The van der Waals surface area contributed by atoms with Gasteiger partial charge in [-0.3, -0.25) is 4.90 Å². The molecule has 0 spiro atoms. The lowest BCUT2D eigenvalue weighted by Crippen LogP contribution is -2.33. The third kappa shape index (κ3) is 3.80. The van der Waals surface area contributed by atoms with Crippen LogP contribution in [-0.4, -0.2) is 38.8 Å². The van der Waals surface area contributed by atoms with Gasteiger partial charge in [0.2, 0.25) is 0 Å². The Balaban J connectivity index is 2.85. The van der Waals surface area contributed by atoms with Gasteiger partial charge in [-0.2, -0.15) is 0 Å². The number of hydrogen-bond donors (Lipinski definition) is 1. The van der Waals surface area contributed by atoms with Gasteiger partial charge in [-0.15, -0.1) is 0 Å². The molecular weight excluding hydrogens is 212 g/mol. The van der Waals surface area contributed by atoms with E-state index in [1.54, 1.807) is 7.11 Å². The number of nitrogens with zero attached hydrogens (tertiary/aromatic N) is 1. The number of nitrogens with two attached hydrogens (primary N) is 1. The molecule has 17 heavy (non-hydrogen) atoms. The Morgan fingerprint density at radius 2 is 2.06 bits per heavy atom. The van der Waals surface area contributed by atoms with Gasteiger partial charge in [-0.25, -0.2) is 0 Å². The third-order valence-corrected chi connectivity index (χ3v) is 3.19. The number of ether oxygens (including phenoxy) is 1. The maximum Gasteiger partial charge on any atom is 0.0589 e. The van der Waals surface area contributed by atoms with E-state index >= 15 is 0 Å². The Labute approximate surface area is 105 Å². The minimum atomic E-state index is 0.269. The van der Waals surface area contributed by atoms with Gasteiger partial charge in [0.1, 0.15) is 0 Å². The van der Waals surface area contributed by atoms with Crippen molar-refractivity contribution in [2.45, 2.75) is 19.9 Å². The first kappa shape index (κ1) is 14.2. The van der Waals surface area contributed by atoms with Crippen LogP contribution in [0, 0.1) is 13.8 Å². The van der Waals surface area contributed by atoms with E-state index in [1.807, 2.05) is 0 Å². The van der Waals surface area contributed by atoms with Gasteiger partial charge in [0, 0.05) is 26.2 Å². The van der Waals surface area contributed by atoms with Crippen LogP contribution in [0.15, 0.2) is 18.2 Å². The third-order valence-electron chi connectivity index (χ3n) is 3.19. The van der Waals surface area contributed by atoms with E-state index in [4.69, 9.17) is 10.5 Å². The molecule has 0 bridgehead atoms. The Bertz CT molecular complexity index is 352. The molecule has 0 amide bonds. The van der Waals surface area contributed by atoms with Crippen molar-refractivity contribution in [2.24, 2.45) is 5.73 Å². The highest BCUT2D eigenvalue weighted by Gasteiger charge is 2.16. The van der Waals surface area contributed by atoms with Crippen molar-refractivity contribution < 1.29 is 4.74 Å². The molecule has 96 valence electrons. The van der Waals surface area contributed by atoms with E-state index in [9.17, 15) is 0 Å². The SMILES string of the molecule is COCCN(C)C(CN)c1ccc(C)cc1C. The molecule has 0 saturated carbocycles. The van der Waals surface area contributed by atoms with Gasteiger partial charge in [-0.1, -0.05) is 23.8 Å². The summed E-state index contributed by atoms with van der Waals surface area (Å²) in [6.07, 6.45) is 0. The monoisotopic (exact) mass is 236 g/mol. The molecule has 1 atom stereocenters. The smallest absolute Gasteiger partial charge is 0.0589 e. The van der Waals surface area contributed by atoms with Crippen LogP contribution >= 0.6 is 0 Å². The normalized spacial score (nSPS) is 13.1. The molecule has 0 aliphatic heterocycles. The maximum absolute atomic E-state index is 5.90. The van der Waals surface area contributed by atoms with Gasteiger partial charge in [0.25, 0.3) is 0 Å². The second-order valence-electron chi connectivity index (χ2n) is 4.58. The van der Waals surface area contributed by atoms with Crippen molar-refractivity contribution in [3.05, 3.63) is 34.9 Å². The Kier molecular flexibility index (Phi) is 5.62. The molecule has 0 aliphatic carbocycles. The summed E-state index contributed by atoms with van der Waals surface area (Å²) >= 11 is 0. The number of benzene rings is 1. The van der Waals surface area contributed by atoms with Crippen molar-refractivity contribution in [1.82, 2.24) is 4.90 Å². The zero-order valence-corrected chi connectivity index (χ0v) is 11.4. The van der Waals surface area contributed by atoms with Crippen molar-refractivity contribution in [1.29, 1.82) is 0 Å². The van der Waals surface area contributed by atoms with E-state index in [-0.39, 0.29) is 6.04 Å². The molecule has 2 N–H and O–H groups in total. The molecule has 3 heteroatoms. The average Bonchev–Trinajstić information content (AvgIpc) is 2.30. The fourth-order valence-corrected chi connectivity index (χ4v) is 2.13. The average molecular weight is 236 g/mol. The van der Waals surface area contributed by atoms with E-state index in [2.05, 4.69) is 44.0 Å². The predicted molar refractivity (Wildman–Crippen MR) is 72.2 cm³/mol. The minimum Gasteiger partial charge on any atom is -0.383 e. The predicted octanol–water partition coefficient (Wildman–Crippen LogP) is 1.88. The molecule has 0 radical (unpaired) electrons. The van der Waals surface area contributed by atoms with Crippen LogP contribution in [0.4, 0.5) is 0 Å². The summed E-state index contributed by atoms with van der Waals surface area (Å²) in [6, 6.07) is 6.81. The topological polar surface area (TPSA) is 38.5 Å². The first-order valence-corrected chi connectivity index (χ1v) is 6.06. The van der Waals surface area contributed by atoms with Gasteiger partial charge in [-0.05, 0) is 32.0 Å². The van der Waals surface area contributed by atoms with Crippen LogP contribution in [-0.2, 0) is 4.74 Å². The van der Waals surface area contributed by atoms with Crippen LogP contribution in [0.5, 0.6) is 0 Å². The second kappa shape index (κ2) is 6.74. The van der Waals surface area contributed by atoms with Crippen LogP contribution < -0.4 is 5.73 Å². The zero-order chi connectivity index (χ0) is 12.8. The highest BCUT2D eigenvalue weighted by Crippen LogP contribution is 2.22. The number of aryl methyl sites for hydroxylation is 2. The Morgan fingerprint density at radius 1 is 1.35 bits per heavy atom. The Hall–Kier alpha value is -0.900. The highest BCUT2D eigenvalue weighted by molar-refractivity contribution is 5.33. The molecule has 3 nitrogen and oxygen atoms in total. The first-order chi connectivity index (χ1) is 8.10. The molecule has 1 aromatic carbocycles. The van der Waals surface area contributed by atoms with E-state index < -0.39 is 0 Å². The van der Waals surface area contributed by atoms with Crippen molar-refractivity contribution in [3.8, 4) is 0 Å². The largest absolute Gasteiger partial charge is 0.383 e. The van der Waals surface area contributed by atoms with E-state index in [0.29, 0.717) is 6.54 Å². The lowest BCUT2D eigenvalue weighted by Gasteiger charge is -2.28.